The first-order valence-corrected chi connectivity index (χ1v) is 5.53. The molecule has 1 aromatic heterocycles. The summed E-state index contributed by atoms with van der Waals surface area (Å²) in [6.45, 7) is 1.41. The molecule has 0 saturated heterocycles. The molecule has 1 aromatic carbocycles. The Morgan fingerprint density at radius 2 is 1.79 bits per heavy atom. The first kappa shape index (κ1) is 13.3. The normalized spacial score (nSPS) is 11.4. The van der Waals surface area contributed by atoms with Crippen LogP contribution in [0.2, 0.25) is 0 Å². The van der Waals surface area contributed by atoms with Crippen LogP contribution in [0.3, 0.4) is 0 Å². The zero-order valence-corrected chi connectivity index (χ0v) is 10.0. The van der Waals surface area contributed by atoms with Crippen LogP contribution in [-0.4, -0.2) is 10.8 Å². The first-order chi connectivity index (χ1) is 8.89. The van der Waals surface area contributed by atoms with Crippen LogP contribution in [0.5, 0.6) is 0 Å². The number of rotatable bonds is 2. The number of ketones is 1. The second-order valence-electron chi connectivity index (χ2n) is 4.03. The van der Waals surface area contributed by atoms with Gasteiger partial charge in [0.25, 0.3) is 0 Å². The Morgan fingerprint density at radius 1 is 1.11 bits per heavy atom. The van der Waals surface area contributed by atoms with Gasteiger partial charge < -0.3 is 0 Å². The van der Waals surface area contributed by atoms with Crippen molar-refractivity contribution in [3.8, 4) is 11.1 Å². The number of halogens is 3. The first-order valence-electron chi connectivity index (χ1n) is 5.53. The van der Waals surface area contributed by atoms with E-state index in [0.29, 0.717) is 16.7 Å². The summed E-state index contributed by atoms with van der Waals surface area (Å²) in [5.74, 6) is -0.143. The second kappa shape index (κ2) is 4.84. The third-order valence-electron chi connectivity index (χ3n) is 2.67. The van der Waals surface area contributed by atoms with Gasteiger partial charge in [-0.15, -0.1) is 0 Å². The van der Waals surface area contributed by atoms with Crippen molar-refractivity contribution >= 4 is 5.78 Å². The third-order valence-corrected chi connectivity index (χ3v) is 2.67. The zero-order valence-electron chi connectivity index (χ0n) is 10.0. The summed E-state index contributed by atoms with van der Waals surface area (Å²) < 4.78 is 37.2. The molecule has 0 bridgehead atoms. The molecule has 0 aliphatic rings. The van der Waals surface area contributed by atoms with E-state index in [1.807, 2.05) is 0 Å². The predicted octanol–water partition coefficient (Wildman–Crippen LogP) is 3.97. The van der Waals surface area contributed by atoms with Gasteiger partial charge in [0.05, 0.1) is 0 Å². The molecule has 0 unspecified atom stereocenters. The van der Waals surface area contributed by atoms with Gasteiger partial charge in [-0.1, -0.05) is 30.3 Å². The predicted molar refractivity (Wildman–Crippen MR) is 64.7 cm³/mol. The third kappa shape index (κ3) is 2.81. The van der Waals surface area contributed by atoms with Crippen LogP contribution in [0, 0.1) is 0 Å². The monoisotopic (exact) mass is 265 g/mol. The summed E-state index contributed by atoms with van der Waals surface area (Å²) in [6.07, 6.45) is -3.33. The number of hydrogen-bond acceptors (Lipinski definition) is 2. The molecule has 0 aliphatic carbocycles. The highest BCUT2D eigenvalue weighted by atomic mass is 19.4. The van der Waals surface area contributed by atoms with E-state index in [9.17, 15) is 18.0 Å². The van der Waals surface area contributed by atoms with Crippen LogP contribution in [0.4, 0.5) is 13.2 Å². The minimum absolute atomic E-state index is 0.143. The number of carbonyl (C=O) groups is 1. The molecule has 0 aliphatic heterocycles. The summed E-state index contributed by atoms with van der Waals surface area (Å²) in [4.78, 5) is 14.9. The summed E-state index contributed by atoms with van der Waals surface area (Å²) in [7, 11) is 0. The molecule has 5 heteroatoms. The van der Waals surface area contributed by atoms with Crippen molar-refractivity contribution < 1.29 is 18.0 Å². The summed E-state index contributed by atoms with van der Waals surface area (Å²) in [5, 5.41) is 0. The van der Waals surface area contributed by atoms with Crippen LogP contribution >= 0.6 is 0 Å². The molecule has 0 radical (unpaired) electrons. The van der Waals surface area contributed by atoms with Gasteiger partial charge in [-0.05, 0) is 18.6 Å². The average Bonchev–Trinajstić information content (AvgIpc) is 2.38. The largest absolute Gasteiger partial charge is 0.433 e. The van der Waals surface area contributed by atoms with E-state index >= 15 is 0 Å². The fourth-order valence-electron chi connectivity index (χ4n) is 1.76. The van der Waals surface area contributed by atoms with E-state index < -0.39 is 11.9 Å². The topological polar surface area (TPSA) is 30.0 Å². The molecule has 0 saturated carbocycles. The Kier molecular flexibility index (Phi) is 3.38. The quantitative estimate of drug-likeness (QED) is 0.769. The molecular formula is C14H10F3NO. The number of carbonyl (C=O) groups excluding carboxylic acids is 1. The molecule has 19 heavy (non-hydrogen) atoms. The lowest BCUT2D eigenvalue weighted by Gasteiger charge is -2.09. The number of pyridine rings is 1. The van der Waals surface area contributed by atoms with Gasteiger partial charge in [0, 0.05) is 17.3 Å². The van der Waals surface area contributed by atoms with Crippen LogP contribution in [0.1, 0.15) is 23.0 Å². The highest BCUT2D eigenvalue weighted by molar-refractivity contribution is 6.00. The van der Waals surface area contributed by atoms with Crippen LogP contribution < -0.4 is 0 Å². The van der Waals surface area contributed by atoms with Crippen LogP contribution in [0.25, 0.3) is 11.1 Å². The zero-order chi connectivity index (χ0) is 14.0. The summed E-state index contributed by atoms with van der Waals surface area (Å²) in [5.41, 5.74) is 0.579. The molecule has 0 atom stereocenters. The molecule has 98 valence electrons. The SMILES string of the molecule is CC(=O)c1ccccc1-c1ccc(C(F)(F)F)nc1. The Balaban J connectivity index is 2.46. The van der Waals surface area contributed by atoms with Crippen molar-refractivity contribution in [1.82, 2.24) is 4.98 Å². The van der Waals surface area contributed by atoms with Gasteiger partial charge in [-0.2, -0.15) is 13.2 Å². The lowest BCUT2D eigenvalue weighted by Crippen LogP contribution is -2.07. The van der Waals surface area contributed by atoms with E-state index in [1.165, 1.54) is 13.0 Å². The maximum Gasteiger partial charge on any atom is 0.433 e. The fraction of sp³-hybridized carbons (Fsp3) is 0.143. The van der Waals surface area contributed by atoms with Gasteiger partial charge in [-0.25, -0.2) is 0 Å². The fourth-order valence-corrected chi connectivity index (χ4v) is 1.76. The van der Waals surface area contributed by atoms with Gasteiger partial charge >= 0.3 is 6.18 Å². The van der Waals surface area contributed by atoms with Crippen molar-refractivity contribution in [2.45, 2.75) is 13.1 Å². The molecule has 2 rings (SSSR count). The van der Waals surface area contributed by atoms with E-state index in [2.05, 4.69) is 4.98 Å². The highest BCUT2D eigenvalue weighted by Crippen LogP contribution is 2.29. The van der Waals surface area contributed by atoms with Crippen LogP contribution in [-0.2, 0) is 6.18 Å². The van der Waals surface area contributed by atoms with Crippen molar-refractivity contribution in [2.24, 2.45) is 0 Å². The van der Waals surface area contributed by atoms with E-state index in [0.717, 1.165) is 12.3 Å². The molecule has 1 heterocycles. The molecule has 0 amide bonds. The minimum atomic E-state index is -4.46. The lowest BCUT2D eigenvalue weighted by molar-refractivity contribution is -0.141. The second-order valence-corrected chi connectivity index (χ2v) is 4.03. The van der Waals surface area contributed by atoms with E-state index in [-0.39, 0.29) is 5.78 Å². The number of Topliss-reactive ketones (excluding diaryl/α,β-unsaturated/α-hetero) is 1. The Morgan fingerprint density at radius 3 is 2.32 bits per heavy atom. The van der Waals surface area contributed by atoms with Gasteiger partial charge in [0.1, 0.15) is 5.69 Å². The Hall–Kier alpha value is -2.17. The molecule has 0 fully saturated rings. The Labute approximate surface area is 107 Å². The van der Waals surface area contributed by atoms with Crippen molar-refractivity contribution in [3.05, 3.63) is 53.9 Å². The number of benzene rings is 1. The summed E-state index contributed by atoms with van der Waals surface area (Å²) >= 11 is 0. The van der Waals surface area contributed by atoms with Gasteiger partial charge in [0.2, 0.25) is 0 Å². The standard InChI is InChI=1S/C14H10F3NO/c1-9(19)11-4-2-3-5-12(11)10-6-7-13(18-8-10)14(15,16)17/h2-8H,1H3. The molecular weight excluding hydrogens is 255 g/mol. The number of alkyl halides is 3. The smallest absolute Gasteiger partial charge is 0.294 e. The molecule has 2 nitrogen and oxygen atoms in total. The number of aromatic nitrogens is 1. The number of hydrogen-bond donors (Lipinski definition) is 0. The van der Waals surface area contributed by atoms with Gasteiger partial charge in [-0.3, -0.25) is 9.78 Å². The van der Waals surface area contributed by atoms with Crippen molar-refractivity contribution in [2.75, 3.05) is 0 Å². The molecule has 0 N–H and O–H groups in total. The van der Waals surface area contributed by atoms with Crippen molar-refractivity contribution in [3.63, 3.8) is 0 Å². The van der Waals surface area contributed by atoms with Gasteiger partial charge in [0.15, 0.2) is 5.78 Å². The lowest BCUT2D eigenvalue weighted by atomic mass is 9.99. The van der Waals surface area contributed by atoms with E-state index in [1.54, 1.807) is 24.3 Å². The van der Waals surface area contributed by atoms with Crippen LogP contribution in [0.15, 0.2) is 42.6 Å². The molecule has 0 spiro atoms. The highest BCUT2D eigenvalue weighted by Gasteiger charge is 2.32. The average molecular weight is 265 g/mol. The molecule has 2 aromatic rings. The van der Waals surface area contributed by atoms with E-state index in [4.69, 9.17) is 0 Å². The Bertz CT molecular complexity index is 603. The van der Waals surface area contributed by atoms with Crippen molar-refractivity contribution in [1.29, 1.82) is 0 Å². The summed E-state index contributed by atoms with van der Waals surface area (Å²) in [6, 6.07) is 8.97. The minimum Gasteiger partial charge on any atom is -0.294 e. The number of nitrogens with zero attached hydrogens (tertiary/aromatic N) is 1. The maximum atomic E-state index is 12.4. The maximum absolute atomic E-state index is 12.4.